The van der Waals surface area contributed by atoms with Gasteiger partial charge in [0.1, 0.15) is 0 Å². The van der Waals surface area contributed by atoms with Gasteiger partial charge in [0.25, 0.3) is 0 Å². The molecule has 0 saturated carbocycles. The topological polar surface area (TPSA) is 26.3 Å². The van der Waals surface area contributed by atoms with Crippen LogP contribution in [-0.2, 0) is 9.53 Å². The van der Waals surface area contributed by atoms with Gasteiger partial charge in [0.05, 0.1) is 7.11 Å². The highest BCUT2D eigenvalue weighted by Crippen LogP contribution is 1.87. The van der Waals surface area contributed by atoms with Crippen LogP contribution in [0.3, 0.4) is 0 Å². The molecule has 11 heavy (non-hydrogen) atoms. The van der Waals surface area contributed by atoms with E-state index in [9.17, 15) is 4.79 Å². The first-order chi connectivity index (χ1) is 5.09. The molecule has 0 bridgehead atoms. The normalized spacial score (nSPS) is 6.73. The lowest BCUT2D eigenvalue weighted by atomic mass is 10.4. The molecular formula is C9H14O2. The fourth-order valence-electron chi connectivity index (χ4n) is 0.174. The van der Waals surface area contributed by atoms with Crippen LogP contribution in [0.4, 0.5) is 0 Å². The van der Waals surface area contributed by atoms with Crippen LogP contribution in [0.1, 0.15) is 6.92 Å². The van der Waals surface area contributed by atoms with Gasteiger partial charge in [-0.05, 0) is 6.92 Å². The Bertz CT molecular complexity index is 151. The quantitative estimate of drug-likeness (QED) is 0.346. The summed E-state index contributed by atoms with van der Waals surface area (Å²) in [6, 6.07) is 0. The van der Waals surface area contributed by atoms with Crippen LogP contribution in [-0.4, -0.2) is 13.1 Å². The zero-order valence-corrected chi connectivity index (χ0v) is 7.09. The lowest BCUT2D eigenvalue weighted by Crippen LogP contribution is -1.98. The maximum atomic E-state index is 10.2. The summed E-state index contributed by atoms with van der Waals surface area (Å²) in [4.78, 5) is 10.2. The zero-order chi connectivity index (χ0) is 9.28. The zero-order valence-electron chi connectivity index (χ0n) is 7.09. The predicted molar refractivity (Wildman–Crippen MR) is 47.2 cm³/mol. The summed E-state index contributed by atoms with van der Waals surface area (Å²) in [5, 5.41) is 0. The number of methoxy groups -OCH3 is 1. The first kappa shape index (κ1) is 12.4. The molecule has 0 atom stereocenters. The summed E-state index contributed by atoms with van der Waals surface area (Å²) in [6.07, 6.45) is 3.28. The Morgan fingerprint density at radius 3 is 1.73 bits per heavy atom. The van der Waals surface area contributed by atoms with E-state index in [1.54, 1.807) is 19.1 Å². The standard InChI is InChI=1S/C5H8O2.C4H6/c1-4(2)5(6)7-3;1-3-4-2/h1H2,2-3H3;3-4H,1-2H2. The monoisotopic (exact) mass is 154 g/mol. The molecule has 62 valence electrons. The van der Waals surface area contributed by atoms with Gasteiger partial charge < -0.3 is 4.74 Å². The van der Waals surface area contributed by atoms with E-state index in [-0.39, 0.29) is 5.97 Å². The summed E-state index contributed by atoms with van der Waals surface area (Å²) >= 11 is 0. The Labute approximate surface area is 67.9 Å². The van der Waals surface area contributed by atoms with Gasteiger partial charge in [-0.15, -0.1) is 0 Å². The Kier molecular flexibility index (Phi) is 9.78. The second kappa shape index (κ2) is 8.69. The average Bonchev–Trinajstić information content (AvgIpc) is 2.03. The van der Waals surface area contributed by atoms with E-state index in [2.05, 4.69) is 24.5 Å². The molecule has 0 N–H and O–H groups in total. The molecule has 0 aromatic carbocycles. The molecule has 0 rings (SSSR count). The van der Waals surface area contributed by atoms with Crippen molar-refractivity contribution < 1.29 is 9.53 Å². The van der Waals surface area contributed by atoms with E-state index in [0.717, 1.165) is 0 Å². The minimum Gasteiger partial charge on any atom is -0.466 e. The molecule has 0 spiro atoms. The fraction of sp³-hybridized carbons (Fsp3) is 0.222. The highest BCUT2D eigenvalue weighted by atomic mass is 16.5. The van der Waals surface area contributed by atoms with Gasteiger partial charge in [-0.3, -0.25) is 0 Å². The molecule has 0 aromatic rings. The Balaban J connectivity index is 0. The number of rotatable bonds is 2. The number of hydrogen-bond acceptors (Lipinski definition) is 2. The SMILES string of the molecule is C=C(C)C(=O)OC.C=CC=C. The number of ether oxygens (including phenoxy) is 1. The molecule has 2 heteroatoms. The van der Waals surface area contributed by atoms with E-state index < -0.39 is 0 Å². The minimum absolute atomic E-state index is 0.347. The number of esters is 1. The van der Waals surface area contributed by atoms with Crippen molar-refractivity contribution in [3.8, 4) is 0 Å². The van der Waals surface area contributed by atoms with Gasteiger partial charge in [-0.25, -0.2) is 4.79 Å². The maximum Gasteiger partial charge on any atom is 0.332 e. The first-order valence-corrected chi connectivity index (χ1v) is 3.07. The molecule has 0 aliphatic rings. The second-order valence-corrected chi connectivity index (χ2v) is 1.74. The van der Waals surface area contributed by atoms with E-state index in [0.29, 0.717) is 5.57 Å². The number of carbonyl (C=O) groups excluding carboxylic acids is 1. The van der Waals surface area contributed by atoms with Gasteiger partial charge >= 0.3 is 5.97 Å². The Hall–Kier alpha value is -1.31. The van der Waals surface area contributed by atoms with E-state index in [1.807, 2.05) is 0 Å². The van der Waals surface area contributed by atoms with Crippen LogP contribution in [0.2, 0.25) is 0 Å². The molecule has 0 fully saturated rings. The summed E-state index contributed by atoms with van der Waals surface area (Å²) < 4.78 is 4.27. The molecule has 0 aliphatic carbocycles. The van der Waals surface area contributed by atoms with Crippen molar-refractivity contribution in [3.05, 3.63) is 37.5 Å². The van der Waals surface area contributed by atoms with Crippen LogP contribution >= 0.6 is 0 Å². The summed E-state index contributed by atoms with van der Waals surface area (Å²) in [7, 11) is 1.33. The van der Waals surface area contributed by atoms with Gasteiger partial charge in [0.15, 0.2) is 0 Å². The van der Waals surface area contributed by atoms with Gasteiger partial charge in [-0.2, -0.15) is 0 Å². The van der Waals surface area contributed by atoms with Crippen molar-refractivity contribution in [1.29, 1.82) is 0 Å². The summed E-state index contributed by atoms with van der Waals surface area (Å²) in [5.74, 6) is -0.347. The number of allylic oxidation sites excluding steroid dienone is 2. The highest BCUT2D eigenvalue weighted by Gasteiger charge is 1.95. The smallest absolute Gasteiger partial charge is 0.332 e. The molecule has 0 amide bonds. The van der Waals surface area contributed by atoms with Crippen LogP contribution < -0.4 is 0 Å². The first-order valence-electron chi connectivity index (χ1n) is 3.07. The van der Waals surface area contributed by atoms with Gasteiger partial charge in [0.2, 0.25) is 0 Å². The van der Waals surface area contributed by atoms with E-state index in [4.69, 9.17) is 0 Å². The van der Waals surface area contributed by atoms with E-state index >= 15 is 0 Å². The molecule has 0 aliphatic heterocycles. The molecule has 0 radical (unpaired) electrons. The van der Waals surface area contributed by atoms with Crippen LogP contribution in [0.5, 0.6) is 0 Å². The lowest BCUT2D eigenvalue weighted by Gasteiger charge is -1.91. The molecule has 2 nitrogen and oxygen atoms in total. The number of carbonyl (C=O) groups is 1. The van der Waals surface area contributed by atoms with Crippen LogP contribution in [0.25, 0.3) is 0 Å². The molecule has 0 heterocycles. The maximum absolute atomic E-state index is 10.2. The lowest BCUT2D eigenvalue weighted by molar-refractivity contribution is -0.136. The third-order valence-corrected chi connectivity index (χ3v) is 0.701. The van der Waals surface area contributed by atoms with Crippen molar-refractivity contribution in [2.45, 2.75) is 6.92 Å². The third-order valence-electron chi connectivity index (χ3n) is 0.701. The van der Waals surface area contributed by atoms with Crippen LogP contribution in [0, 0.1) is 0 Å². The van der Waals surface area contributed by atoms with Crippen molar-refractivity contribution in [2.24, 2.45) is 0 Å². The molecule has 0 saturated heterocycles. The van der Waals surface area contributed by atoms with Crippen molar-refractivity contribution >= 4 is 5.97 Å². The van der Waals surface area contributed by atoms with Crippen molar-refractivity contribution in [1.82, 2.24) is 0 Å². The minimum atomic E-state index is -0.347. The van der Waals surface area contributed by atoms with Crippen molar-refractivity contribution in [2.75, 3.05) is 7.11 Å². The summed E-state index contributed by atoms with van der Waals surface area (Å²) in [5.41, 5.74) is 0.433. The highest BCUT2D eigenvalue weighted by molar-refractivity contribution is 5.86. The molecule has 0 aromatic heterocycles. The van der Waals surface area contributed by atoms with Gasteiger partial charge in [0, 0.05) is 5.57 Å². The second-order valence-electron chi connectivity index (χ2n) is 1.74. The Morgan fingerprint density at radius 1 is 1.36 bits per heavy atom. The largest absolute Gasteiger partial charge is 0.466 e. The van der Waals surface area contributed by atoms with Crippen molar-refractivity contribution in [3.63, 3.8) is 0 Å². The van der Waals surface area contributed by atoms with E-state index in [1.165, 1.54) is 7.11 Å². The Morgan fingerprint density at radius 2 is 1.73 bits per heavy atom. The number of hydrogen-bond donors (Lipinski definition) is 0. The van der Waals surface area contributed by atoms with Gasteiger partial charge in [-0.1, -0.05) is 31.9 Å². The average molecular weight is 154 g/mol. The fourth-order valence-corrected chi connectivity index (χ4v) is 0.174. The predicted octanol–water partition coefficient (Wildman–Crippen LogP) is 2.09. The molecular weight excluding hydrogens is 140 g/mol. The molecule has 0 unspecified atom stereocenters. The van der Waals surface area contributed by atoms with Crippen LogP contribution in [0.15, 0.2) is 37.5 Å². The third kappa shape index (κ3) is 12.0. The summed E-state index contributed by atoms with van der Waals surface area (Å²) in [6.45, 7) is 11.7.